The van der Waals surface area contributed by atoms with E-state index in [2.05, 4.69) is 29.1 Å². The molecule has 1 aromatic carbocycles. The topological polar surface area (TPSA) is 84.7 Å². The molecule has 7 nitrogen and oxygen atoms in total. The predicted molar refractivity (Wildman–Crippen MR) is 94.4 cm³/mol. The molecule has 2 heterocycles. The molecule has 0 aliphatic heterocycles. The van der Waals surface area contributed by atoms with Crippen molar-refractivity contribution in [1.82, 2.24) is 19.1 Å². The summed E-state index contributed by atoms with van der Waals surface area (Å²) in [6.07, 6.45) is 0. The van der Waals surface area contributed by atoms with Gasteiger partial charge in [0, 0.05) is 13.6 Å². The third kappa shape index (κ3) is 3.33. The number of benzene rings is 1. The van der Waals surface area contributed by atoms with Gasteiger partial charge in [0.25, 0.3) is 5.56 Å². The van der Waals surface area contributed by atoms with Gasteiger partial charge in [-0.1, -0.05) is 26.0 Å². The van der Waals surface area contributed by atoms with Crippen LogP contribution in [-0.4, -0.2) is 25.6 Å². The first kappa shape index (κ1) is 16.9. The maximum Gasteiger partial charge on any atom is 0.329 e. The van der Waals surface area contributed by atoms with Crippen LogP contribution in [0.3, 0.4) is 0 Å². The number of aromatic amines is 1. The average Bonchev–Trinajstić information content (AvgIpc) is 2.92. The first-order chi connectivity index (χ1) is 11.9. The second-order valence-corrected chi connectivity index (χ2v) is 6.41. The van der Waals surface area contributed by atoms with Gasteiger partial charge < -0.3 is 5.32 Å². The molecule has 25 heavy (non-hydrogen) atoms. The number of rotatable bonds is 5. The summed E-state index contributed by atoms with van der Waals surface area (Å²) in [6.45, 7) is 5.11. The van der Waals surface area contributed by atoms with Gasteiger partial charge in [-0.25, -0.2) is 9.18 Å². The summed E-state index contributed by atoms with van der Waals surface area (Å²) in [5.41, 5.74) is 0.422. The lowest BCUT2D eigenvalue weighted by atomic mass is 10.2. The summed E-state index contributed by atoms with van der Waals surface area (Å²) in [6, 6.07) is 6.05. The predicted octanol–water partition coefficient (Wildman–Crippen LogP) is 1.68. The summed E-state index contributed by atoms with van der Waals surface area (Å²) in [5.74, 6) is 0.554. The van der Waals surface area contributed by atoms with Gasteiger partial charge >= 0.3 is 5.69 Å². The highest BCUT2D eigenvalue weighted by molar-refractivity contribution is 5.74. The first-order valence-electron chi connectivity index (χ1n) is 8.04. The minimum absolute atomic E-state index is 0.303. The van der Waals surface area contributed by atoms with E-state index in [4.69, 9.17) is 0 Å². The molecule has 132 valence electrons. The lowest BCUT2D eigenvalue weighted by molar-refractivity contribution is 0.626. The molecular weight excluding hydrogens is 325 g/mol. The largest absolute Gasteiger partial charge is 0.355 e. The van der Waals surface area contributed by atoms with Crippen LogP contribution in [0.4, 0.5) is 10.3 Å². The van der Waals surface area contributed by atoms with Crippen LogP contribution in [0.25, 0.3) is 11.2 Å². The van der Waals surface area contributed by atoms with E-state index < -0.39 is 11.2 Å². The maximum atomic E-state index is 13.1. The summed E-state index contributed by atoms with van der Waals surface area (Å²) in [4.78, 5) is 30.9. The molecule has 3 rings (SSSR count). The van der Waals surface area contributed by atoms with Gasteiger partial charge in [-0.05, 0) is 23.6 Å². The van der Waals surface area contributed by atoms with Gasteiger partial charge in [0.2, 0.25) is 5.95 Å². The number of halogens is 1. The van der Waals surface area contributed by atoms with Crippen molar-refractivity contribution in [2.75, 3.05) is 11.9 Å². The van der Waals surface area contributed by atoms with E-state index in [0.717, 1.165) is 5.56 Å². The van der Waals surface area contributed by atoms with Gasteiger partial charge in [0.05, 0.1) is 6.54 Å². The van der Waals surface area contributed by atoms with Gasteiger partial charge in [0.1, 0.15) is 5.82 Å². The zero-order valence-corrected chi connectivity index (χ0v) is 14.3. The van der Waals surface area contributed by atoms with Crippen molar-refractivity contribution in [1.29, 1.82) is 0 Å². The molecule has 0 bridgehead atoms. The fraction of sp³-hybridized carbons (Fsp3) is 0.353. The first-order valence-corrected chi connectivity index (χ1v) is 8.04. The van der Waals surface area contributed by atoms with E-state index in [1.54, 1.807) is 23.7 Å². The smallest absolute Gasteiger partial charge is 0.329 e. The molecule has 0 aliphatic carbocycles. The SMILES string of the molecule is CC(C)CNc1nc2c(c(=O)[nH]c(=O)n2C)n1Cc1ccc(F)cc1. The Morgan fingerprint density at radius 1 is 1.24 bits per heavy atom. The van der Waals surface area contributed by atoms with E-state index >= 15 is 0 Å². The number of anilines is 1. The van der Waals surface area contributed by atoms with E-state index in [-0.39, 0.29) is 5.82 Å². The molecule has 0 fully saturated rings. The van der Waals surface area contributed by atoms with Crippen molar-refractivity contribution in [2.24, 2.45) is 13.0 Å². The molecule has 0 radical (unpaired) electrons. The Labute approximate surface area is 143 Å². The Morgan fingerprint density at radius 2 is 1.92 bits per heavy atom. The van der Waals surface area contributed by atoms with E-state index in [1.165, 1.54) is 16.7 Å². The molecule has 3 aromatic rings. The van der Waals surface area contributed by atoms with E-state index in [1.807, 2.05) is 0 Å². The second kappa shape index (κ2) is 6.54. The molecule has 0 spiro atoms. The Kier molecular flexibility index (Phi) is 4.43. The van der Waals surface area contributed by atoms with Crippen LogP contribution in [0.1, 0.15) is 19.4 Å². The van der Waals surface area contributed by atoms with Crippen LogP contribution in [0.2, 0.25) is 0 Å². The monoisotopic (exact) mass is 345 g/mol. The van der Waals surface area contributed by atoms with E-state index in [0.29, 0.717) is 36.1 Å². The summed E-state index contributed by atoms with van der Waals surface area (Å²) >= 11 is 0. The second-order valence-electron chi connectivity index (χ2n) is 6.41. The number of nitrogens with zero attached hydrogens (tertiary/aromatic N) is 3. The van der Waals surface area contributed by atoms with Crippen molar-refractivity contribution < 1.29 is 4.39 Å². The number of hydrogen-bond acceptors (Lipinski definition) is 4. The van der Waals surface area contributed by atoms with Crippen molar-refractivity contribution in [3.8, 4) is 0 Å². The molecule has 0 aliphatic rings. The minimum atomic E-state index is -0.514. The number of hydrogen-bond donors (Lipinski definition) is 2. The van der Waals surface area contributed by atoms with Gasteiger partial charge in [-0.15, -0.1) is 0 Å². The lowest BCUT2D eigenvalue weighted by Crippen LogP contribution is -2.29. The maximum absolute atomic E-state index is 13.1. The molecule has 0 saturated carbocycles. The number of fused-ring (bicyclic) bond motifs is 1. The molecule has 0 amide bonds. The highest BCUT2D eigenvalue weighted by atomic mass is 19.1. The normalized spacial score (nSPS) is 11.4. The molecule has 8 heteroatoms. The minimum Gasteiger partial charge on any atom is -0.355 e. The number of H-pyrrole nitrogens is 1. The highest BCUT2D eigenvalue weighted by Crippen LogP contribution is 2.18. The van der Waals surface area contributed by atoms with Crippen LogP contribution >= 0.6 is 0 Å². The summed E-state index contributed by atoms with van der Waals surface area (Å²) in [5, 5.41) is 3.22. The van der Waals surface area contributed by atoms with Crippen molar-refractivity contribution in [2.45, 2.75) is 20.4 Å². The number of nitrogens with one attached hydrogen (secondary N) is 2. The average molecular weight is 345 g/mol. The molecule has 2 N–H and O–H groups in total. The summed E-state index contributed by atoms with van der Waals surface area (Å²) < 4.78 is 16.2. The van der Waals surface area contributed by atoms with Crippen LogP contribution in [0.15, 0.2) is 33.9 Å². The van der Waals surface area contributed by atoms with Gasteiger partial charge in [0.15, 0.2) is 11.2 Å². The zero-order valence-electron chi connectivity index (χ0n) is 14.3. The quantitative estimate of drug-likeness (QED) is 0.737. The Morgan fingerprint density at radius 3 is 2.56 bits per heavy atom. The van der Waals surface area contributed by atoms with E-state index in [9.17, 15) is 14.0 Å². The molecular formula is C17H20FN5O2. The van der Waals surface area contributed by atoms with Gasteiger partial charge in [-0.2, -0.15) is 4.98 Å². The molecule has 0 unspecified atom stereocenters. The Balaban J connectivity index is 2.16. The third-order valence-electron chi connectivity index (χ3n) is 3.93. The van der Waals surface area contributed by atoms with Crippen molar-refractivity contribution in [3.63, 3.8) is 0 Å². The van der Waals surface area contributed by atoms with Crippen LogP contribution in [0, 0.1) is 11.7 Å². The fourth-order valence-electron chi connectivity index (χ4n) is 2.59. The number of imidazole rings is 1. The Hall–Kier alpha value is -2.90. The van der Waals surface area contributed by atoms with Crippen LogP contribution in [-0.2, 0) is 13.6 Å². The molecule has 2 aromatic heterocycles. The third-order valence-corrected chi connectivity index (χ3v) is 3.93. The molecule has 0 saturated heterocycles. The lowest BCUT2D eigenvalue weighted by Gasteiger charge is -2.12. The van der Waals surface area contributed by atoms with Crippen LogP contribution < -0.4 is 16.6 Å². The van der Waals surface area contributed by atoms with Gasteiger partial charge in [-0.3, -0.25) is 18.9 Å². The fourth-order valence-corrected chi connectivity index (χ4v) is 2.59. The van der Waals surface area contributed by atoms with Crippen molar-refractivity contribution >= 4 is 17.1 Å². The molecule has 0 atom stereocenters. The number of aromatic nitrogens is 4. The standard InChI is InChI=1S/C17H20FN5O2/c1-10(2)8-19-16-20-14-13(15(24)21-17(25)22(14)3)23(16)9-11-4-6-12(18)7-5-11/h4-7,10H,8-9H2,1-3H3,(H,19,20)(H,21,24,25). The zero-order chi connectivity index (χ0) is 18.1. The highest BCUT2D eigenvalue weighted by Gasteiger charge is 2.17. The van der Waals surface area contributed by atoms with Crippen molar-refractivity contribution in [3.05, 3.63) is 56.5 Å². The summed E-state index contributed by atoms with van der Waals surface area (Å²) in [7, 11) is 1.56. The Bertz CT molecular complexity index is 1010. The van der Waals surface area contributed by atoms with Crippen LogP contribution in [0.5, 0.6) is 0 Å². The number of aryl methyl sites for hydroxylation is 1.